The van der Waals surface area contributed by atoms with Gasteiger partial charge in [0.2, 0.25) is 0 Å². The summed E-state index contributed by atoms with van der Waals surface area (Å²) in [6, 6.07) is 1.32. The van der Waals surface area contributed by atoms with Crippen LogP contribution in [-0.4, -0.2) is 37.1 Å². The van der Waals surface area contributed by atoms with Crippen LogP contribution in [-0.2, 0) is 0 Å². The highest BCUT2D eigenvalue weighted by Gasteiger charge is 2.07. The molecule has 0 bridgehead atoms. The van der Waals surface area contributed by atoms with E-state index in [9.17, 15) is 0 Å². The van der Waals surface area contributed by atoms with E-state index in [1.165, 1.54) is 25.8 Å². The molecule has 1 unspecified atom stereocenters. The molecule has 0 rings (SSSR count). The highest BCUT2D eigenvalue weighted by molar-refractivity contribution is 4.65. The molecule has 0 amide bonds. The van der Waals surface area contributed by atoms with Crippen LogP contribution >= 0.6 is 0 Å². The van der Waals surface area contributed by atoms with Crippen LogP contribution in [0.15, 0.2) is 0 Å². The molecular formula is C12H28N2. The van der Waals surface area contributed by atoms with E-state index < -0.39 is 0 Å². The molecule has 1 atom stereocenters. The summed E-state index contributed by atoms with van der Waals surface area (Å²) < 4.78 is 0. The number of nitrogens with one attached hydrogen (secondary N) is 1. The van der Waals surface area contributed by atoms with Crippen LogP contribution in [0, 0.1) is 0 Å². The lowest BCUT2D eigenvalue weighted by Crippen LogP contribution is -2.34. The first kappa shape index (κ1) is 13.9. The van der Waals surface area contributed by atoms with Crippen molar-refractivity contribution in [1.29, 1.82) is 0 Å². The van der Waals surface area contributed by atoms with Gasteiger partial charge in [-0.1, -0.05) is 27.2 Å². The molecule has 0 saturated heterocycles. The number of rotatable bonds is 8. The average molecular weight is 200 g/mol. The van der Waals surface area contributed by atoms with Crippen molar-refractivity contribution in [3.63, 3.8) is 0 Å². The second-order valence-electron chi connectivity index (χ2n) is 4.58. The van der Waals surface area contributed by atoms with Crippen molar-refractivity contribution < 1.29 is 0 Å². The van der Waals surface area contributed by atoms with Crippen LogP contribution in [0.1, 0.15) is 47.0 Å². The van der Waals surface area contributed by atoms with E-state index in [2.05, 4.69) is 45.0 Å². The second kappa shape index (κ2) is 8.25. The maximum atomic E-state index is 3.46. The van der Waals surface area contributed by atoms with E-state index in [0.29, 0.717) is 12.1 Å². The molecule has 0 aromatic carbocycles. The fourth-order valence-electron chi connectivity index (χ4n) is 1.43. The maximum absolute atomic E-state index is 3.46. The fourth-order valence-corrected chi connectivity index (χ4v) is 1.43. The third-order valence-corrected chi connectivity index (χ3v) is 2.73. The molecule has 0 aromatic rings. The molecule has 0 fully saturated rings. The summed E-state index contributed by atoms with van der Waals surface area (Å²) in [7, 11) is 2.23. The van der Waals surface area contributed by atoms with Crippen molar-refractivity contribution in [3.05, 3.63) is 0 Å². The first-order valence-electron chi connectivity index (χ1n) is 6.01. The molecule has 1 N–H and O–H groups in total. The number of unbranched alkanes of at least 4 members (excludes halogenated alkanes) is 1. The molecule has 0 aromatic heterocycles. The fraction of sp³-hybridized carbons (Fsp3) is 1.00. The van der Waals surface area contributed by atoms with Gasteiger partial charge in [-0.2, -0.15) is 0 Å². The summed E-state index contributed by atoms with van der Waals surface area (Å²) >= 11 is 0. The maximum Gasteiger partial charge on any atom is 0.00759 e. The topological polar surface area (TPSA) is 15.3 Å². The zero-order chi connectivity index (χ0) is 11.0. The summed E-state index contributed by atoms with van der Waals surface area (Å²) in [5.41, 5.74) is 0. The van der Waals surface area contributed by atoms with Gasteiger partial charge in [-0.05, 0) is 39.9 Å². The first-order chi connectivity index (χ1) is 6.57. The van der Waals surface area contributed by atoms with Gasteiger partial charge in [-0.15, -0.1) is 0 Å². The first-order valence-corrected chi connectivity index (χ1v) is 6.01. The Bertz CT molecular complexity index is 123. The average Bonchev–Trinajstić information content (AvgIpc) is 2.13. The van der Waals surface area contributed by atoms with Crippen LogP contribution in [0.2, 0.25) is 0 Å². The van der Waals surface area contributed by atoms with Crippen molar-refractivity contribution >= 4 is 0 Å². The molecule has 0 spiro atoms. The predicted molar refractivity (Wildman–Crippen MR) is 64.8 cm³/mol. The van der Waals surface area contributed by atoms with Crippen LogP contribution in [0.4, 0.5) is 0 Å². The van der Waals surface area contributed by atoms with Gasteiger partial charge in [-0.3, -0.25) is 0 Å². The summed E-state index contributed by atoms with van der Waals surface area (Å²) in [5, 5.41) is 3.46. The second-order valence-corrected chi connectivity index (χ2v) is 4.58. The largest absolute Gasteiger partial charge is 0.314 e. The van der Waals surface area contributed by atoms with Crippen LogP contribution in [0.25, 0.3) is 0 Å². The molecule has 2 nitrogen and oxygen atoms in total. The SMILES string of the molecule is CCCCN(C)C(C)CCNC(C)C. The Morgan fingerprint density at radius 2 is 1.86 bits per heavy atom. The molecule has 2 heteroatoms. The van der Waals surface area contributed by atoms with Gasteiger partial charge in [0.25, 0.3) is 0 Å². The Hall–Kier alpha value is -0.0800. The Morgan fingerprint density at radius 1 is 1.21 bits per heavy atom. The van der Waals surface area contributed by atoms with E-state index in [0.717, 1.165) is 6.54 Å². The van der Waals surface area contributed by atoms with E-state index in [1.54, 1.807) is 0 Å². The lowest BCUT2D eigenvalue weighted by molar-refractivity contribution is 0.240. The van der Waals surface area contributed by atoms with Crippen molar-refractivity contribution in [2.75, 3.05) is 20.1 Å². The van der Waals surface area contributed by atoms with Crippen molar-refractivity contribution in [2.24, 2.45) is 0 Å². The molecule has 0 aliphatic heterocycles. The third-order valence-electron chi connectivity index (χ3n) is 2.73. The zero-order valence-corrected chi connectivity index (χ0v) is 10.6. The summed E-state index contributed by atoms with van der Waals surface area (Å²) in [5.74, 6) is 0. The Morgan fingerprint density at radius 3 is 2.36 bits per heavy atom. The van der Waals surface area contributed by atoms with Crippen LogP contribution < -0.4 is 5.32 Å². The number of hydrogen-bond donors (Lipinski definition) is 1. The molecular weight excluding hydrogens is 172 g/mol. The zero-order valence-electron chi connectivity index (χ0n) is 10.6. The van der Waals surface area contributed by atoms with E-state index in [1.807, 2.05) is 0 Å². The summed E-state index contributed by atoms with van der Waals surface area (Å²) in [6.07, 6.45) is 3.86. The minimum Gasteiger partial charge on any atom is -0.314 e. The molecule has 0 aliphatic rings. The van der Waals surface area contributed by atoms with E-state index >= 15 is 0 Å². The monoisotopic (exact) mass is 200 g/mol. The lowest BCUT2D eigenvalue weighted by Gasteiger charge is -2.25. The van der Waals surface area contributed by atoms with Crippen molar-refractivity contribution in [2.45, 2.75) is 59.0 Å². The molecule has 86 valence electrons. The minimum absolute atomic E-state index is 0.614. The quantitative estimate of drug-likeness (QED) is 0.647. The van der Waals surface area contributed by atoms with Crippen LogP contribution in [0.3, 0.4) is 0 Å². The smallest absolute Gasteiger partial charge is 0.00759 e. The summed E-state index contributed by atoms with van der Waals surface area (Å²) in [6.45, 7) is 11.3. The molecule has 0 radical (unpaired) electrons. The van der Waals surface area contributed by atoms with Crippen LogP contribution in [0.5, 0.6) is 0 Å². The standard InChI is InChI=1S/C12H28N2/c1-6-7-10-14(5)12(4)8-9-13-11(2)3/h11-13H,6-10H2,1-5H3. The Kier molecular flexibility index (Phi) is 8.20. The Balaban J connectivity index is 3.46. The van der Waals surface area contributed by atoms with Crippen molar-refractivity contribution in [1.82, 2.24) is 10.2 Å². The molecule has 0 heterocycles. The third kappa shape index (κ3) is 7.34. The van der Waals surface area contributed by atoms with E-state index in [4.69, 9.17) is 0 Å². The summed E-state index contributed by atoms with van der Waals surface area (Å²) in [4.78, 5) is 2.46. The number of hydrogen-bond acceptors (Lipinski definition) is 2. The highest BCUT2D eigenvalue weighted by atomic mass is 15.1. The minimum atomic E-state index is 0.614. The van der Waals surface area contributed by atoms with Gasteiger partial charge in [0, 0.05) is 12.1 Å². The van der Waals surface area contributed by atoms with Gasteiger partial charge in [0.1, 0.15) is 0 Å². The van der Waals surface area contributed by atoms with E-state index in [-0.39, 0.29) is 0 Å². The number of nitrogens with zero attached hydrogens (tertiary/aromatic N) is 1. The highest BCUT2D eigenvalue weighted by Crippen LogP contribution is 2.02. The van der Waals surface area contributed by atoms with Gasteiger partial charge in [0.05, 0.1) is 0 Å². The predicted octanol–water partition coefficient (Wildman–Crippen LogP) is 2.49. The van der Waals surface area contributed by atoms with Gasteiger partial charge in [-0.25, -0.2) is 0 Å². The molecule has 14 heavy (non-hydrogen) atoms. The van der Waals surface area contributed by atoms with Gasteiger partial charge in [0.15, 0.2) is 0 Å². The molecule has 0 aliphatic carbocycles. The Labute approximate surface area is 90.1 Å². The van der Waals surface area contributed by atoms with Gasteiger partial charge >= 0.3 is 0 Å². The van der Waals surface area contributed by atoms with Crippen molar-refractivity contribution in [3.8, 4) is 0 Å². The van der Waals surface area contributed by atoms with Gasteiger partial charge < -0.3 is 10.2 Å². The lowest BCUT2D eigenvalue weighted by atomic mass is 10.2. The molecule has 0 saturated carbocycles. The normalized spacial score (nSPS) is 13.9.